The van der Waals surface area contributed by atoms with Crippen LogP contribution in [0.15, 0.2) is 12.1 Å². The molecule has 0 atom stereocenters. The number of benzene rings is 1. The fourth-order valence-corrected chi connectivity index (χ4v) is 2.50. The van der Waals surface area contributed by atoms with Crippen molar-refractivity contribution in [1.82, 2.24) is 9.78 Å². The number of aryl methyl sites for hydroxylation is 2. The second kappa shape index (κ2) is 7.16. The van der Waals surface area contributed by atoms with Gasteiger partial charge in [-0.3, -0.25) is 10.1 Å². The number of aromatic nitrogens is 2. The lowest BCUT2D eigenvalue weighted by molar-refractivity contribution is -0.384. The molecule has 0 bridgehead atoms. The highest BCUT2D eigenvalue weighted by molar-refractivity contribution is 5.65. The van der Waals surface area contributed by atoms with Crippen LogP contribution in [0.2, 0.25) is 0 Å². The Morgan fingerprint density at radius 2 is 2.08 bits per heavy atom. The van der Waals surface area contributed by atoms with E-state index in [1.165, 1.54) is 20.3 Å². The molecule has 1 aromatic heterocycles. The quantitative estimate of drug-likeness (QED) is 0.616. The van der Waals surface area contributed by atoms with Gasteiger partial charge in [-0.1, -0.05) is 6.92 Å². The fraction of sp³-hybridized carbons (Fsp3) is 0.400. The maximum absolute atomic E-state index is 13.7. The van der Waals surface area contributed by atoms with Crippen molar-refractivity contribution >= 4 is 11.4 Å². The Bertz CT molecular complexity index is 760. The molecule has 0 aliphatic rings. The summed E-state index contributed by atoms with van der Waals surface area (Å²) < 4.78 is 25.5. The normalized spacial score (nSPS) is 10.5. The number of methoxy groups -OCH3 is 2. The van der Waals surface area contributed by atoms with Crippen molar-refractivity contribution in [3.8, 4) is 11.6 Å². The molecule has 0 unspecified atom stereocenters. The first-order valence-corrected chi connectivity index (χ1v) is 7.27. The molecule has 0 aliphatic carbocycles. The number of nitro groups is 1. The van der Waals surface area contributed by atoms with E-state index in [0.29, 0.717) is 12.3 Å². The molecule has 0 aliphatic heterocycles. The van der Waals surface area contributed by atoms with Crippen molar-refractivity contribution in [2.24, 2.45) is 7.05 Å². The fourth-order valence-electron chi connectivity index (χ4n) is 2.50. The van der Waals surface area contributed by atoms with Crippen LogP contribution in [0.4, 0.5) is 15.8 Å². The van der Waals surface area contributed by atoms with Crippen LogP contribution in [0.1, 0.15) is 18.2 Å². The highest BCUT2D eigenvalue weighted by Crippen LogP contribution is 2.33. The van der Waals surface area contributed by atoms with Crippen molar-refractivity contribution in [3.63, 3.8) is 0 Å². The van der Waals surface area contributed by atoms with E-state index in [9.17, 15) is 14.5 Å². The molecule has 2 rings (SSSR count). The molecule has 8 nitrogen and oxygen atoms in total. The third-order valence-corrected chi connectivity index (χ3v) is 3.62. The van der Waals surface area contributed by atoms with Gasteiger partial charge in [-0.15, -0.1) is 0 Å². The first kappa shape index (κ1) is 17.5. The molecule has 0 saturated heterocycles. The SMILES string of the molecule is CCc1nn(C)c(OC)c1CNc1cc(OC)c(F)cc1[N+](=O)[O-]. The van der Waals surface area contributed by atoms with Gasteiger partial charge in [0.05, 0.1) is 36.5 Å². The van der Waals surface area contributed by atoms with Gasteiger partial charge in [0.25, 0.3) is 5.69 Å². The van der Waals surface area contributed by atoms with Gasteiger partial charge in [0.2, 0.25) is 5.88 Å². The molecule has 1 N–H and O–H groups in total. The minimum atomic E-state index is -0.789. The van der Waals surface area contributed by atoms with Crippen LogP contribution in [0.3, 0.4) is 0 Å². The van der Waals surface area contributed by atoms with Crippen molar-refractivity contribution in [1.29, 1.82) is 0 Å². The molecule has 0 radical (unpaired) electrons. The van der Waals surface area contributed by atoms with Crippen LogP contribution in [0, 0.1) is 15.9 Å². The van der Waals surface area contributed by atoms with Gasteiger partial charge < -0.3 is 14.8 Å². The first-order valence-electron chi connectivity index (χ1n) is 7.27. The van der Waals surface area contributed by atoms with Crippen molar-refractivity contribution in [2.75, 3.05) is 19.5 Å². The minimum Gasteiger partial charge on any atom is -0.494 e. The Kier molecular flexibility index (Phi) is 5.22. The Balaban J connectivity index is 2.37. The summed E-state index contributed by atoms with van der Waals surface area (Å²) in [6, 6.07) is 2.10. The summed E-state index contributed by atoms with van der Waals surface area (Å²) >= 11 is 0. The largest absolute Gasteiger partial charge is 0.494 e. The minimum absolute atomic E-state index is 0.0723. The highest BCUT2D eigenvalue weighted by Gasteiger charge is 2.21. The Morgan fingerprint density at radius 3 is 2.62 bits per heavy atom. The Hall–Kier alpha value is -2.84. The molecule has 0 fully saturated rings. The standard InChI is InChI=1S/C15H19FN4O4/c1-5-11-9(15(24-4)19(2)18-11)8-17-12-7-14(23-3)10(16)6-13(12)20(21)22/h6-7,17H,5,8H2,1-4H3. The summed E-state index contributed by atoms with van der Waals surface area (Å²) in [5, 5.41) is 18.5. The second-order valence-electron chi connectivity index (χ2n) is 5.03. The molecule has 130 valence electrons. The number of nitro benzene ring substituents is 1. The van der Waals surface area contributed by atoms with Crippen LogP contribution in [-0.2, 0) is 20.0 Å². The highest BCUT2D eigenvalue weighted by atomic mass is 19.1. The number of halogens is 1. The monoisotopic (exact) mass is 338 g/mol. The molecule has 24 heavy (non-hydrogen) atoms. The molecule has 0 spiro atoms. The average molecular weight is 338 g/mol. The molecule has 0 amide bonds. The summed E-state index contributed by atoms with van der Waals surface area (Å²) in [6.45, 7) is 2.20. The van der Waals surface area contributed by atoms with Gasteiger partial charge in [-0.25, -0.2) is 9.07 Å². The van der Waals surface area contributed by atoms with Crippen molar-refractivity contribution in [3.05, 3.63) is 39.3 Å². The van der Waals surface area contributed by atoms with Gasteiger partial charge in [-0.2, -0.15) is 5.10 Å². The molecule has 1 heterocycles. The van der Waals surface area contributed by atoms with Gasteiger partial charge in [-0.05, 0) is 6.42 Å². The summed E-state index contributed by atoms with van der Waals surface area (Å²) in [6.07, 6.45) is 0.684. The lowest BCUT2D eigenvalue weighted by Gasteiger charge is -2.11. The second-order valence-corrected chi connectivity index (χ2v) is 5.03. The number of nitrogens with one attached hydrogen (secondary N) is 1. The molecule has 9 heteroatoms. The molecule has 0 saturated carbocycles. The van der Waals surface area contributed by atoms with Crippen molar-refractivity contribution in [2.45, 2.75) is 19.9 Å². The molecule has 1 aromatic carbocycles. The Labute approximate surface area is 138 Å². The molecule has 2 aromatic rings. The smallest absolute Gasteiger partial charge is 0.295 e. The maximum Gasteiger partial charge on any atom is 0.295 e. The summed E-state index contributed by atoms with van der Waals surface area (Å²) in [4.78, 5) is 10.5. The van der Waals surface area contributed by atoms with E-state index in [2.05, 4.69) is 10.4 Å². The zero-order valence-corrected chi connectivity index (χ0v) is 13.9. The number of anilines is 1. The van der Waals surface area contributed by atoms with Crippen LogP contribution < -0.4 is 14.8 Å². The predicted molar refractivity (Wildman–Crippen MR) is 86.1 cm³/mol. The van der Waals surface area contributed by atoms with Gasteiger partial charge >= 0.3 is 0 Å². The van der Waals surface area contributed by atoms with Crippen LogP contribution in [-0.4, -0.2) is 28.9 Å². The van der Waals surface area contributed by atoms with Gasteiger partial charge in [0, 0.05) is 19.7 Å². The summed E-state index contributed by atoms with van der Waals surface area (Å²) in [7, 11) is 4.58. The lowest BCUT2D eigenvalue weighted by atomic mass is 10.2. The average Bonchev–Trinajstić information content (AvgIpc) is 2.87. The van der Waals surface area contributed by atoms with Gasteiger partial charge in [0.15, 0.2) is 11.6 Å². The van der Waals surface area contributed by atoms with E-state index >= 15 is 0 Å². The zero-order valence-electron chi connectivity index (χ0n) is 13.9. The third kappa shape index (κ3) is 3.24. The van der Waals surface area contributed by atoms with E-state index in [1.54, 1.807) is 11.7 Å². The lowest BCUT2D eigenvalue weighted by Crippen LogP contribution is -2.06. The van der Waals surface area contributed by atoms with E-state index in [-0.39, 0.29) is 23.7 Å². The summed E-state index contributed by atoms with van der Waals surface area (Å²) in [5.74, 6) is -0.295. The predicted octanol–water partition coefficient (Wildman–Crippen LogP) is 2.66. The number of rotatable bonds is 7. The van der Waals surface area contributed by atoms with E-state index < -0.39 is 10.7 Å². The Morgan fingerprint density at radius 1 is 1.38 bits per heavy atom. The summed E-state index contributed by atoms with van der Waals surface area (Å²) in [5.41, 5.74) is 1.40. The van der Waals surface area contributed by atoms with Crippen molar-refractivity contribution < 1.29 is 18.8 Å². The van der Waals surface area contributed by atoms with E-state index in [0.717, 1.165) is 17.3 Å². The topological polar surface area (TPSA) is 91.5 Å². The number of nitrogens with zero attached hydrogens (tertiary/aromatic N) is 3. The molecular weight excluding hydrogens is 319 g/mol. The zero-order chi connectivity index (χ0) is 17.9. The third-order valence-electron chi connectivity index (χ3n) is 3.62. The first-order chi connectivity index (χ1) is 11.4. The number of hydrogen-bond acceptors (Lipinski definition) is 6. The maximum atomic E-state index is 13.7. The molecular formula is C15H19FN4O4. The van der Waals surface area contributed by atoms with Gasteiger partial charge in [0.1, 0.15) is 5.69 Å². The van der Waals surface area contributed by atoms with E-state index in [4.69, 9.17) is 9.47 Å². The number of hydrogen-bond donors (Lipinski definition) is 1. The van der Waals surface area contributed by atoms with Crippen LogP contribution >= 0.6 is 0 Å². The van der Waals surface area contributed by atoms with Crippen LogP contribution in [0.25, 0.3) is 0 Å². The van der Waals surface area contributed by atoms with Crippen LogP contribution in [0.5, 0.6) is 11.6 Å². The number of ether oxygens (including phenoxy) is 2. The van der Waals surface area contributed by atoms with E-state index in [1.807, 2.05) is 6.92 Å².